The molecule has 0 amide bonds. The zero-order valence-corrected chi connectivity index (χ0v) is 20.5. The summed E-state index contributed by atoms with van der Waals surface area (Å²) in [7, 11) is 0. The van der Waals surface area contributed by atoms with Crippen molar-refractivity contribution in [2.45, 2.75) is 13.8 Å². The minimum absolute atomic E-state index is 0.767. The van der Waals surface area contributed by atoms with Crippen LogP contribution in [0.5, 0.6) is 0 Å². The summed E-state index contributed by atoms with van der Waals surface area (Å²) in [4.78, 5) is 0. The fraction of sp³-hybridized carbons (Fsp3) is 0.0588. The van der Waals surface area contributed by atoms with Gasteiger partial charge in [-0.2, -0.15) is 0 Å². The van der Waals surface area contributed by atoms with Crippen molar-refractivity contribution < 1.29 is 4.42 Å². The minimum Gasteiger partial charge on any atom is -0.455 e. The van der Waals surface area contributed by atoms with Crippen LogP contribution in [0, 0.1) is 6.92 Å². The Labute approximate surface area is 211 Å². The Balaban J connectivity index is 1.48. The number of nitrogens with two attached hydrogens (primary N) is 1. The van der Waals surface area contributed by atoms with Crippen LogP contribution in [0.25, 0.3) is 55.8 Å². The lowest BCUT2D eigenvalue weighted by Gasteiger charge is -2.13. The second-order valence-electron chi connectivity index (χ2n) is 9.36. The molecule has 6 aromatic rings. The molecule has 0 fully saturated rings. The second kappa shape index (κ2) is 8.90. The summed E-state index contributed by atoms with van der Waals surface area (Å²) >= 11 is 0. The maximum Gasteiger partial charge on any atom is 0.143 e. The highest BCUT2D eigenvalue weighted by atomic mass is 16.3. The Hall–Kier alpha value is -4.56. The fourth-order valence-corrected chi connectivity index (χ4v) is 4.94. The molecule has 6 rings (SSSR count). The molecule has 2 N–H and O–H groups in total. The van der Waals surface area contributed by atoms with E-state index >= 15 is 0 Å². The van der Waals surface area contributed by atoms with Crippen molar-refractivity contribution in [3.63, 3.8) is 0 Å². The van der Waals surface area contributed by atoms with Gasteiger partial charge in [-0.1, -0.05) is 96.6 Å². The van der Waals surface area contributed by atoms with Crippen LogP contribution in [0.3, 0.4) is 0 Å². The highest BCUT2D eigenvalue weighted by Crippen LogP contribution is 2.38. The molecule has 0 aliphatic rings. The summed E-state index contributed by atoms with van der Waals surface area (Å²) < 4.78 is 6.31. The van der Waals surface area contributed by atoms with Gasteiger partial charge in [0.05, 0.1) is 0 Å². The maximum atomic E-state index is 6.52. The van der Waals surface area contributed by atoms with Crippen molar-refractivity contribution in [3.05, 3.63) is 126 Å². The number of hydrogen-bond acceptors (Lipinski definition) is 2. The largest absolute Gasteiger partial charge is 0.455 e. The molecule has 2 nitrogen and oxygen atoms in total. The van der Waals surface area contributed by atoms with E-state index in [0.717, 1.165) is 55.4 Å². The third-order valence-corrected chi connectivity index (χ3v) is 6.90. The van der Waals surface area contributed by atoms with Gasteiger partial charge in [-0.05, 0) is 65.9 Å². The van der Waals surface area contributed by atoms with Crippen LogP contribution in [0.15, 0.2) is 114 Å². The number of fused-ring (bicyclic) bond motifs is 3. The van der Waals surface area contributed by atoms with E-state index < -0.39 is 0 Å². The van der Waals surface area contributed by atoms with Crippen molar-refractivity contribution in [1.29, 1.82) is 0 Å². The summed E-state index contributed by atoms with van der Waals surface area (Å²) in [5.41, 5.74) is 18.2. The molecular weight excluding hydrogens is 438 g/mol. The monoisotopic (exact) mass is 465 g/mol. The van der Waals surface area contributed by atoms with E-state index in [0.29, 0.717) is 0 Å². The van der Waals surface area contributed by atoms with E-state index in [1.165, 1.54) is 16.7 Å². The van der Waals surface area contributed by atoms with Crippen molar-refractivity contribution in [1.82, 2.24) is 0 Å². The van der Waals surface area contributed by atoms with Gasteiger partial charge in [-0.25, -0.2) is 0 Å². The number of hydrogen-bond donors (Lipinski definition) is 1. The van der Waals surface area contributed by atoms with Crippen LogP contribution < -0.4 is 5.73 Å². The van der Waals surface area contributed by atoms with Crippen LogP contribution >= 0.6 is 0 Å². The third-order valence-electron chi connectivity index (χ3n) is 6.90. The minimum atomic E-state index is 0.767. The third kappa shape index (κ3) is 3.87. The highest BCUT2D eigenvalue weighted by molar-refractivity contribution is 6.09. The first-order valence-electron chi connectivity index (χ1n) is 12.2. The molecule has 0 bridgehead atoms. The zero-order valence-electron chi connectivity index (χ0n) is 20.5. The Morgan fingerprint density at radius 1 is 0.694 bits per heavy atom. The van der Waals surface area contributed by atoms with Crippen LogP contribution in [0.1, 0.15) is 23.6 Å². The molecule has 174 valence electrons. The Morgan fingerprint density at radius 2 is 1.36 bits per heavy atom. The lowest BCUT2D eigenvalue weighted by atomic mass is 9.93. The Kier molecular flexibility index (Phi) is 5.42. The van der Waals surface area contributed by atoms with Crippen molar-refractivity contribution in [2.75, 3.05) is 5.73 Å². The lowest BCUT2D eigenvalue weighted by Crippen LogP contribution is -1.94. The van der Waals surface area contributed by atoms with Gasteiger partial charge in [0.15, 0.2) is 0 Å². The van der Waals surface area contributed by atoms with Crippen molar-refractivity contribution >= 4 is 39.3 Å². The smallest absolute Gasteiger partial charge is 0.143 e. The predicted octanol–water partition coefficient (Wildman–Crippen LogP) is 9.37. The molecule has 5 aromatic carbocycles. The number of anilines is 1. The average molecular weight is 466 g/mol. The molecule has 0 aliphatic heterocycles. The number of rotatable bonds is 4. The van der Waals surface area contributed by atoms with Gasteiger partial charge >= 0.3 is 0 Å². The van der Waals surface area contributed by atoms with Gasteiger partial charge in [0.2, 0.25) is 0 Å². The molecule has 0 aliphatic carbocycles. The number of allylic oxidation sites excluding steroid dienone is 1. The first-order valence-corrected chi connectivity index (χ1v) is 12.2. The van der Waals surface area contributed by atoms with Gasteiger partial charge in [-0.15, -0.1) is 0 Å². The Morgan fingerprint density at radius 3 is 2.19 bits per heavy atom. The topological polar surface area (TPSA) is 39.2 Å². The quantitative estimate of drug-likeness (QED) is 0.208. The summed E-state index contributed by atoms with van der Waals surface area (Å²) in [5, 5.41) is 2.27. The molecule has 0 saturated carbocycles. The van der Waals surface area contributed by atoms with E-state index in [1.807, 2.05) is 24.3 Å². The summed E-state index contributed by atoms with van der Waals surface area (Å²) in [6, 6.07) is 37.9. The van der Waals surface area contributed by atoms with Gasteiger partial charge in [0, 0.05) is 27.6 Å². The predicted molar refractivity (Wildman–Crippen MR) is 154 cm³/mol. The standard InChI is InChI=1S/C34H27NO/c1-22-16-18-24(19-17-22)23(2)20-31-27(11-7-14-32(31)35)25-8-5-9-26(21-25)28-12-6-13-30-29-10-3-4-15-33(29)36-34(28)30/h3-21H,35H2,1-2H3/b23-20+. The summed E-state index contributed by atoms with van der Waals surface area (Å²) in [5.74, 6) is 0. The summed E-state index contributed by atoms with van der Waals surface area (Å²) in [6.07, 6.45) is 2.20. The van der Waals surface area contributed by atoms with Gasteiger partial charge in [0.25, 0.3) is 0 Å². The molecule has 2 heteroatoms. The van der Waals surface area contributed by atoms with Crippen molar-refractivity contribution in [2.24, 2.45) is 0 Å². The maximum absolute atomic E-state index is 6.52. The molecule has 36 heavy (non-hydrogen) atoms. The number of para-hydroxylation sites is 2. The Bertz CT molecular complexity index is 1750. The fourth-order valence-electron chi connectivity index (χ4n) is 4.94. The van der Waals surface area contributed by atoms with E-state index in [9.17, 15) is 0 Å². The van der Waals surface area contributed by atoms with Gasteiger partial charge < -0.3 is 10.2 Å². The molecule has 0 unspecified atom stereocenters. The zero-order chi connectivity index (χ0) is 24.6. The van der Waals surface area contributed by atoms with Crippen LogP contribution in [-0.4, -0.2) is 0 Å². The van der Waals surface area contributed by atoms with Crippen LogP contribution in [0.4, 0.5) is 5.69 Å². The lowest BCUT2D eigenvalue weighted by molar-refractivity contribution is 0.670. The highest BCUT2D eigenvalue weighted by Gasteiger charge is 2.13. The SMILES string of the molecule is C/C(=C\c1c(N)cccc1-c1cccc(-c2cccc3c2oc2ccccc23)c1)c1ccc(C)cc1. The number of aryl methyl sites for hydroxylation is 1. The molecule has 0 saturated heterocycles. The number of benzene rings is 5. The van der Waals surface area contributed by atoms with E-state index in [2.05, 4.69) is 105 Å². The molecule has 1 heterocycles. The van der Waals surface area contributed by atoms with Crippen LogP contribution in [-0.2, 0) is 0 Å². The molecule has 1 aromatic heterocycles. The van der Waals surface area contributed by atoms with Crippen molar-refractivity contribution in [3.8, 4) is 22.3 Å². The van der Waals surface area contributed by atoms with E-state index in [-0.39, 0.29) is 0 Å². The second-order valence-corrected chi connectivity index (χ2v) is 9.36. The summed E-state index contributed by atoms with van der Waals surface area (Å²) in [6.45, 7) is 4.24. The normalized spacial score (nSPS) is 11.9. The molecule has 0 spiro atoms. The first kappa shape index (κ1) is 21.9. The number of furan rings is 1. The molecular formula is C34H27NO. The van der Waals surface area contributed by atoms with Gasteiger partial charge in [-0.3, -0.25) is 0 Å². The first-order chi connectivity index (χ1) is 17.6. The average Bonchev–Trinajstić information content (AvgIpc) is 3.29. The molecule has 0 radical (unpaired) electrons. The molecule has 0 atom stereocenters. The van der Waals surface area contributed by atoms with Gasteiger partial charge in [0.1, 0.15) is 11.2 Å². The van der Waals surface area contributed by atoms with E-state index in [4.69, 9.17) is 10.2 Å². The van der Waals surface area contributed by atoms with E-state index in [1.54, 1.807) is 0 Å². The van der Waals surface area contributed by atoms with Crippen LogP contribution in [0.2, 0.25) is 0 Å². The number of nitrogen functional groups attached to an aromatic ring is 1.